The lowest BCUT2D eigenvalue weighted by atomic mass is 10.2. The number of aromatic nitrogens is 2. The normalized spacial score (nSPS) is 11.3. The Bertz CT molecular complexity index is 526. The van der Waals surface area contributed by atoms with Gasteiger partial charge >= 0.3 is 0 Å². The van der Waals surface area contributed by atoms with E-state index in [-0.39, 0.29) is 0 Å². The lowest BCUT2D eigenvalue weighted by molar-refractivity contribution is 0.545. The number of hydrogen-bond acceptors (Lipinski definition) is 2. The van der Waals surface area contributed by atoms with Crippen LogP contribution in [0.3, 0.4) is 0 Å². The van der Waals surface area contributed by atoms with Crippen molar-refractivity contribution in [3.05, 3.63) is 42.6 Å². The van der Waals surface area contributed by atoms with Crippen LogP contribution in [0.4, 0.5) is 0 Å². The lowest BCUT2D eigenvalue weighted by Gasteiger charge is -2.05. The number of fused-ring (bicyclic) bond motifs is 1. The van der Waals surface area contributed by atoms with Gasteiger partial charge < -0.3 is 5.32 Å². The molecule has 2 rings (SSSR count). The third-order valence-electron chi connectivity index (χ3n) is 2.88. The second-order valence-corrected chi connectivity index (χ2v) is 4.96. The molecule has 0 spiro atoms. The minimum absolute atomic E-state index is 0.659. The number of benzene rings is 1. The van der Waals surface area contributed by atoms with Crippen LogP contribution in [0.15, 0.2) is 36.9 Å². The molecule has 1 aromatic heterocycles. The molecule has 0 bridgehead atoms. The largest absolute Gasteiger partial charge is 0.311 e. The summed E-state index contributed by atoms with van der Waals surface area (Å²) >= 11 is 0. The van der Waals surface area contributed by atoms with Crippen LogP contribution in [0.25, 0.3) is 10.9 Å². The average molecular weight is 243 g/mol. The summed E-state index contributed by atoms with van der Waals surface area (Å²) in [7, 11) is 0. The second-order valence-electron chi connectivity index (χ2n) is 4.96. The highest BCUT2D eigenvalue weighted by atomic mass is 15.3. The molecule has 2 aromatic rings. The summed E-state index contributed by atoms with van der Waals surface area (Å²) in [6.07, 6.45) is 1.88. The fourth-order valence-corrected chi connectivity index (χ4v) is 2.07. The van der Waals surface area contributed by atoms with Gasteiger partial charge in [-0.15, -0.1) is 6.58 Å². The maximum Gasteiger partial charge on any atom is 0.0841 e. The fraction of sp³-hybridized carbons (Fsp3) is 0.400. The Balaban J connectivity index is 2.24. The van der Waals surface area contributed by atoms with E-state index in [0.29, 0.717) is 5.92 Å². The Morgan fingerprint density at radius 2 is 2.17 bits per heavy atom. The summed E-state index contributed by atoms with van der Waals surface area (Å²) in [5, 5.41) is 9.34. The Kier molecular flexibility index (Phi) is 4.15. The van der Waals surface area contributed by atoms with Crippen molar-refractivity contribution >= 4 is 10.9 Å². The molecule has 96 valence electrons. The molecule has 0 amide bonds. The summed E-state index contributed by atoms with van der Waals surface area (Å²) in [5.74, 6) is 0.659. The van der Waals surface area contributed by atoms with Crippen molar-refractivity contribution in [2.45, 2.75) is 26.9 Å². The second kappa shape index (κ2) is 5.83. The minimum Gasteiger partial charge on any atom is -0.311 e. The van der Waals surface area contributed by atoms with Crippen LogP contribution in [-0.2, 0) is 13.1 Å². The van der Waals surface area contributed by atoms with Gasteiger partial charge in [-0.05, 0) is 18.5 Å². The maximum absolute atomic E-state index is 4.66. The Hall–Kier alpha value is -1.61. The molecule has 1 aromatic carbocycles. The third kappa shape index (κ3) is 2.79. The quantitative estimate of drug-likeness (QED) is 0.790. The third-order valence-corrected chi connectivity index (χ3v) is 2.88. The van der Waals surface area contributed by atoms with E-state index in [1.54, 1.807) is 0 Å². The number of hydrogen-bond donors (Lipinski definition) is 1. The molecule has 0 aliphatic rings. The summed E-state index contributed by atoms with van der Waals surface area (Å²) in [6, 6.07) is 8.36. The van der Waals surface area contributed by atoms with Gasteiger partial charge in [0.2, 0.25) is 0 Å². The van der Waals surface area contributed by atoms with Gasteiger partial charge in [0.25, 0.3) is 0 Å². The average Bonchev–Trinajstić information content (AvgIpc) is 2.69. The van der Waals surface area contributed by atoms with Gasteiger partial charge in [-0.25, -0.2) is 0 Å². The van der Waals surface area contributed by atoms with E-state index in [1.807, 2.05) is 10.8 Å². The van der Waals surface area contributed by atoms with Crippen LogP contribution in [0.2, 0.25) is 0 Å². The van der Waals surface area contributed by atoms with Gasteiger partial charge in [0.05, 0.1) is 17.8 Å². The van der Waals surface area contributed by atoms with E-state index < -0.39 is 0 Å². The lowest BCUT2D eigenvalue weighted by Crippen LogP contribution is -2.19. The van der Waals surface area contributed by atoms with E-state index in [2.05, 4.69) is 55.1 Å². The summed E-state index contributed by atoms with van der Waals surface area (Å²) in [6.45, 7) is 10.8. The maximum atomic E-state index is 4.66. The molecule has 3 heteroatoms. The van der Waals surface area contributed by atoms with E-state index >= 15 is 0 Å². The van der Waals surface area contributed by atoms with Crippen molar-refractivity contribution in [2.75, 3.05) is 6.54 Å². The van der Waals surface area contributed by atoms with Crippen molar-refractivity contribution in [1.29, 1.82) is 0 Å². The number of nitrogens with one attached hydrogen (secondary N) is 1. The van der Waals surface area contributed by atoms with Crippen LogP contribution in [-0.4, -0.2) is 16.3 Å². The van der Waals surface area contributed by atoms with Crippen molar-refractivity contribution in [3.8, 4) is 0 Å². The van der Waals surface area contributed by atoms with Gasteiger partial charge in [-0.3, -0.25) is 4.68 Å². The summed E-state index contributed by atoms with van der Waals surface area (Å²) in [4.78, 5) is 0. The molecule has 18 heavy (non-hydrogen) atoms. The number of allylic oxidation sites excluding steroid dienone is 1. The Morgan fingerprint density at radius 1 is 1.39 bits per heavy atom. The first-order chi connectivity index (χ1) is 8.72. The van der Waals surface area contributed by atoms with E-state index in [0.717, 1.165) is 25.3 Å². The fourth-order valence-electron chi connectivity index (χ4n) is 2.07. The van der Waals surface area contributed by atoms with Gasteiger partial charge in [-0.1, -0.05) is 38.1 Å². The standard InChI is InChI=1S/C15H21N3/c1-4-9-18-15-8-6-5-7-13(15)14(17-18)11-16-10-12(2)3/h4-8,12,16H,1,9-11H2,2-3H3. The first kappa shape index (κ1) is 12.8. The van der Waals surface area contributed by atoms with E-state index in [1.165, 1.54) is 10.9 Å². The van der Waals surface area contributed by atoms with Gasteiger partial charge in [-0.2, -0.15) is 5.10 Å². The molecule has 0 aliphatic heterocycles. The predicted molar refractivity (Wildman–Crippen MR) is 76.5 cm³/mol. The number of para-hydroxylation sites is 1. The molecule has 0 fully saturated rings. The molecule has 0 saturated heterocycles. The van der Waals surface area contributed by atoms with Crippen LogP contribution in [0.5, 0.6) is 0 Å². The molecule has 1 N–H and O–H groups in total. The Labute approximate surface area is 109 Å². The van der Waals surface area contributed by atoms with E-state index in [4.69, 9.17) is 0 Å². The molecule has 0 unspecified atom stereocenters. The predicted octanol–water partition coefficient (Wildman–Crippen LogP) is 2.97. The monoisotopic (exact) mass is 243 g/mol. The molecule has 0 atom stereocenters. The van der Waals surface area contributed by atoms with Gasteiger partial charge in [0, 0.05) is 11.9 Å². The Morgan fingerprint density at radius 3 is 2.89 bits per heavy atom. The zero-order valence-corrected chi connectivity index (χ0v) is 11.2. The van der Waals surface area contributed by atoms with Crippen molar-refractivity contribution in [3.63, 3.8) is 0 Å². The molecular weight excluding hydrogens is 222 g/mol. The zero-order chi connectivity index (χ0) is 13.0. The van der Waals surface area contributed by atoms with Gasteiger partial charge in [0.1, 0.15) is 0 Å². The first-order valence-corrected chi connectivity index (χ1v) is 6.48. The molecule has 3 nitrogen and oxygen atoms in total. The molecule has 1 heterocycles. The van der Waals surface area contributed by atoms with Gasteiger partial charge in [0.15, 0.2) is 0 Å². The minimum atomic E-state index is 0.659. The highest BCUT2D eigenvalue weighted by Crippen LogP contribution is 2.18. The zero-order valence-electron chi connectivity index (χ0n) is 11.2. The molecule has 0 radical (unpaired) electrons. The van der Waals surface area contributed by atoms with Crippen LogP contribution >= 0.6 is 0 Å². The topological polar surface area (TPSA) is 29.9 Å². The summed E-state index contributed by atoms with van der Waals surface area (Å²) < 4.78 is 2.01. The number of rotatable bonds is 6. The van der Waals surface area contributed by atoms with Crippen molar-refractivity contribution < 1.29 is 0 Å². The SMILES string of the molecule is C=CCn1nc(CNCC(C)C)c2ccccc21. The van der Waals surface area contributed by atoms with Crippen molar-refractivity contribution in [2.24, 2.45) is 5.92 Å². The highest BCUT2D eigenvalue weighted by Gasteiger charge is 2.08. The highest BCUT2D eigenvalue weighted by molar-refractivity contribution is 5.81. The van der Waals surface area contributed by atoms with Crippen LogP contribution < -0.4 is 5.32 Å². The molecule has 0 saturated carbocycles. The van der Waals surface area contributed by atoms with Crippen molar-refractivity contribution in [1.82, 2.24) is 15.1 Å². The van der Waals surface area contributed by atoms with Crippen LogP contribution in [0, 0.1) is 5.92 Å². The number of nitrogens with zero attached hydrogens (tertiary/aromatic N) is 2. The van der Waals surface area contributed by atoms with E-state index in [9.17, 15) is 0 Å². The molecule has 0 aliphatic carbocycles. The summed E-state index contributed by atoms with van der Waals surface area (Å²) in [5.41, 5.74) is 2.30. The van der Waals surface area contributed by atoms with Crippen LogP contribution in [0.1, 0.15) is 19.5 Å². The smallest absolute Gasteiger partial charge is 0.0841 e. The molecular formula is C15H21N3. The first-order valence-electron chi connectivity index (χ1n) is 6.48.